The van der Waals surface area contributed by atoms with Crippen LogP contribution in [0.3, 0.4) is 0 Å². The topological polar surface area (TPSA) is 29.5 Å². The van der Waals surface area contributed by atoms with Crippen molar-refractivity contribution >= 4 is 60.9 Å². The Kier molecular flexibility index (Phi) is 8.64. The molecule has 0 aliphatic heterocycles. The minimum atomic E-state index is -0.625. The molecule has 78 heavy (non-hydrogen) atoms. The molecule has 0 bridgehead atoms. The van der Waals surface area contributed by atoms with Crippen molar-refractivity contribution in [2.45, 2.75) is 18.3 Å². The minimum Gasteiger partial charge on any atom is -0.455 e. The van der Waals surface area contributed by atoms with Crippen LogP contribution in [0.4, 0.5) is 17.1 Å². The van der Waals surface area contributed by atoms with E-state index in [1.54, 1.807) is 0 Å². The Morgan fingerprint density at radius 3 is 1.06 bits per heavy atom. The van der Waals surface area contributed by atoms with Crippen molar-refractivity contribution < 1.29 is 8.83 Å². The standard InChI is InChI=1S/C74H43NO2.CH4/c1-2-20-44(21-3-1)45-22-8-15-35-62(45)75(63-36-18-33-58-67(63)50-25-4-11-29-54(50)73(58)56-31-13-6-27-52(56)69-60(73)42-40-48-46-23-9-16-38-65(46)76-71(48)69)64-37-19-34-59-68(64)51-26-5-12-30-55(51)74(59)57-32-14-7-28-53(57)70-61(74)43-41-49-47-24-10-17-39-66(47)77-72(49)70;/h1-43H;1H4. The number of nitrogens with zero attached hydrogens (tertiary/aromatic N) is 1. The summed E-state index contributed by atoms with van der Waals surface area (Å²) in [6.45, 7) is 0. The van der Waals surface area contributed by atoms with Crippen LogP contribution in [0.15, 0.2) is 270 Å². The number of anilines is 3. The fraction of sp³-hybridized carbons (Fsp3) is 0.0400. The second kappa shape index (κ2) is 15.6. The van der Waals surface area contributed by atoms with Gasteiger partial charge in [-0.3, -0.25) is 0 Å². The third-order valence-corrected chi connectivity index (χ3v) is 17.9. The lowest BCUT2D eigenvalue weighted by atomic mass is 9.70. The first-order valence-corrected chi connectivity index (χ1v) is 26.7. The van der Waals surface area contributed by atoms with E-state index in [9.17, 15) is 0 Å². The summed E-state index contributed by atoms with van der Waals surface area (Å²) in [6.07, 6.45) is 0. The fourth-order valence-corrected chi connectivity index (χ4v) is 15.2. The van der Waals surface area contributed by atoms with Gasteiger partial charge >= 0.3 is 0 Å². The molecule has 0 radical (unpaired) electrons. The third kappa shape index (κ3) is 5.14. The quantitative estimate of drug-likeness (QED) is 0.176. The molecule has 14 aromatic rings. The van der Waals surface area contributed by atoms with E-state index in [0.717, 1.165) is 72.1 Å². The van der Waals surface area contributed by atoms with Crippen LogP contribution < -0.4 is 4.90 Å². The Labute approximate surface area is 451 Å². The van der Waals surface area contributed by atoms with E-state index in [2.05, 4.69) is 266 Å². The highest BCUT2D eigenvalue weighted by molar-refractivity contribution is 6.16. The molecular weight excluding hydrogens is 947 g/mol. The first-order valence-electron chi connectivity index (χ1n) is 26.7. The van der Waals surface area contributed by atoms with E-state index in [4.69, 9.17) is 8.83 Å². The Bertz CT molecular complexity index is 4630. The van der Waals surface area contributed by atoms with Gasteiger partial charge in [-0.2, -0.15) is 0 Å². The second-order valence-corrected chi connectivity index (χ2v) is 21.2. The molecule has 0 amide bonds. The summed E-state index contributed by atoms with van der Waals surface area (Å²) in [5.74, 6) is 0. The average Bonchev–Trinajstić information content (AvgIpc) is 2.44. The molecule has 3 heteroatoms. The van der Waals surface area contributed by atoms with Crippen LogP contribution in [-0.4, -0.2) is 0 Å². The highest BCUT2D eigenvalue weighted by Crippen LogP contribution is 2.69. The molecule has 2 heterocycles. The summed E-state index contributed by atoms with van der Waals surface area (Å²) < 4.78 is 13.9. The van der Waals surface area contributed by atoms with Crippen molar-refractivity contribution in [3.8, 4) is 55.6 Å². The third-order valence-electron chi connectivity index (χ3n) is 17.9. The summed E-state index contributed by atoms with van der Waals surface area (Å²) in [7, 11) is 0. The van der Waals surface area contributed by atoms with Crippen LogP contribution >= 0.6 is 0 Å². The molecule has 4 aliphatic carbocycles. The monoisotopic (exact) mass is 993 g/mol. The lowest BCUT2D eigenvalue weighted by Crippen LogP contribution is -2.26. The van der Waals surface area contributed by atoms with Crippen LogP contribution in [-0.2, 0) is 10.8 Å². The number of hydrogen-bond donors (Lipinski definition) is 0. The predicted molar refractivity (Wildman–Crippen MR) is 320 cm³/mol. The van der Waals surface area contributed by atoms with Crippen LogP contribution in [0.5, 0.6) is 0 Å². The van der Waals surface area contributed by atoms with Gasteiger partial charge in [0, 0.05) is 49.4 Å². The van der Waals surface area contributed by atoms with Crippen LogP contribution in [0.1, 0.15) is 51.9 Å². The van der Waals surface area contributed by atoms with Crippen molar-refractivity contribution in [1.82, 2.24) is 0 Å². The van der Waals surface area contributed by atoms with Crippen LogP contribution in [0.25, 0.3) is 99.5 Å². The summed E-state index contributed by atoms with van der Waals surface area (Å²) in [5, 5.41) is 4.55. The van der Waals surface area contributed by atoms with E-state index < -0.39 is 10.8 Å². The molecule has 12 aromatic carbocycles. The number of hydrogen-bond acceptors (Lipinski definition) is 3. The lowest BCUT2D eigenvalue weighted by Gasteiger charge is -2.34. The van der Waals surface area contributed by atoms with Gasteiger partial charge in [-0.15, -0.1) is 0 Å². The van der Waals surface area contributed by atoms with Gasteiger partial charge in [-0.1, -0.05) is 238 Å². The van der Waals surface area contributed by atoms with Gasteiger partial charge in [0.15, 0.2) is 0 Å². The molecule has 0 N–H and O–H groups in total. The Hall–Kier alpha value is -9.96. The minimum absolute atomic E-state index is 0. The fourth-order valence-electron chi connectivity index (χ4n) is 15.2. The van der Waals surface area contributed by atoms with Gasteiger partial charge in [0.1, 0.15) is 22.3 Å². The normalized spacial score (nSPS) is 16.5. The van der Waals surface area contributed by atoms with Crippen LogP contribution in [0, 0.1) is 0 Å². The van der Waals surface area contributed by atoms with Gasteiger partial charge in [0.25, 0.3) is 0 Å². The molecule has 0 saturated carbocycles. The van der Waals surface area contributed by atoms with Gasteiger partial charge in [0.05, 0.1) is 27.9 Å². The summed E-state index contributed by atoms with van der Waals surface area (Å²) in [5.41, 5.74) is 27.9. The van der Waals surface area contributed by atoms with E-state index in [-0.39, 0.29) is 7.43 Å². The first kappa shape index (κ1) is 43.3. The smallest absolute Gasteiger partial charge is 0.143 e. The zero-order valence-corrected chi connectivity index (χ0v) is 41.6. The second-order valence-electron chi connectivity index (χ2n) is 21.2. The van der Waals surface area contributed by atoms with E-state index in [0.29, 0.717) is 0 Å². The van der Waals surface area contributed by atoms with Gasteiger partial charge in [0.2, 0.25) is 0 Å². The highest BCUT2D eigenvalue weighted by Gasteiger charge is 2.55. The Balaban J connectivity index is 0.00000491. The van der Waals surface area contributed by atoms with Crippen molar-refractivity contribution in [2.24, 2.45) is 0 Å². The highest BCUT2D eigenvalue weighted by atomic mass is 16.3. The number of furan rings is 2. The molecule has 0 fully saturated rings. The Morgan fingerprint density at radius 2 is 0.590 bits per heavy atom. The van der Waals surface area contributed by atoms with Crippen molar-refractivity contribution in [3.05, 3.63) is 305 Å². The molecule has 3 nitrogen and oxygen atoms in total. The van der Waals surface area contributed by atoms with Gasteiger partial charge in [-0.25, -0.2) is 0 Å². The van der Waals surface area contributed by atoms with Crippen molar-refractivity contribution in [1.29, 1.82) is 0 Å². The number of rotatable bonds is 4. The molecule has 4 aliphatic rings. The summed E-state index contributed by atoms with van der Waals surface area (Å²) in [4.78, 5) is 2.61. The van der Waals surface area contributed by atoms with Gasteiger partial charge in [-0.05, 0) is 103 Å². The maximum atomic E-state index is 6.94. The van der Waals surface area contributed by atoms with E-state index in [1.807, 2.05) is 0 Å². The number of para-hydroxylation sites is 3. The molecule has 2 atom stereocenters. The summed E-state index contributed by atoms with van der Waals surface area (Å²) >= 11 is 0. The largest absolute Gasteiger partial charge is 0.455 e. The van der Waals surface area contributed by atoms with Crippen molar-refractivity contribution in [2.75, 3.05) is 4.90 Å². The van der Waals surface area contributed by atoms with E-state index >= 15 is 0 Å². The van der Waals surface area contributed by atoms with Crippen molar-refractivity contribution in [3.63, 3.8) is 0 Å². The maximum absolute atomic E-state index is 6.94. The molecule has 2 aromatic heterocycles. The zero-order chi connectivity index (χ0) is 50.1. The molecule has 364 valence electrons. The van der Waals surface area contributed by atoms with Crippen LogP contribution in [0.2, 0.25) is 0 Å². The Morgan fingerprint density at radius 1 is 0.244 bits per heavy atom. The molecule has 18 rings (SSSR count). The lowest BCUT2D eigenvalue weighted by molar-refractivity contribution is 0.668. The molecule has 2 unspecified atom stereocenters. The van der Waals surface area contributed by atoms with Gasteiger partial charge < -0.3 is 13.7 Å². The molecular formula is C75H47NO2. The number of benzene rings is 12. The van der Waals surface area contributed by atoms with E-state index in [1.165, 1.54) is 89.0 Å². The average molecular weight is 994 g/mol. The molecule has 0 saturated heterocycles. The maximum Gasteiger partial charge on any atom is 0.143 e. The first-order chi connectivity index (χ1) is 38.2. The zero-order valence-electron chi connectivity index (χ0n) is 41.6. The number of fused-ring (bicyclic) bond motifs is 28. The predicted octanol–water partition coefficient (Wildman–Crippen LogP) is 19.9. The SMILES string of the molecule is C.c1ccc(-c2ccccc2N(c2cccc3c2-c2ccccc2C32c3ccccc3-c3c2ccc2c3oc3ccccc32)c2cccc3c2-c2ccccc2C32c3ccccc3-c3c2ccc2c3oc3ccccc32)cc1. The summed E-state index contributed by atoms with van der Waals surface area (Å²) in [6, 6.07) is 96.9. The molecule has 2 spiro atoms.